The predicted molar refractivity (Wildman–Crippen MR) is 112 cm³/mol. The molecule has 27 heavy (non-hydrogen) atoms. The van der Waals surface area contributed by atoms with Crippen LogP contribution in [0.2, 0.25) is 0 Å². The van der Waals surface area contributed by atoms with Gasteiger partial charge in [-0.2, -0.15) is 5.10 Å². The van der Waals surface area contributed by atoms with Crippen molar-refractivity contribution < 1.29 is 9.84 Å². The van der Waals surface area contributed by atoms with Crippen molar-refractivity contribution in [1.82, 2.24) is 10.7 Å². The van der Waals surface area contributed by atoms with Crippen LogP contribution in [0.25, 0.3) is 0 Å². The highest BCUT2D eigenvalue weighted by Gasteiger charge is 2.15. The maximum Gasteiger partial charge on any atom is 0.187 e. The zero-order valence-corrected chi connectivity index (χ0v) is 16.0. The van der Waals surface area contributed by atoms with Crippen LogP contribution in [-0.4, -0.2) is 35.2 Å². The normalized spacial score (nSPS) is 16.9. The predicted octanol–water partition coefficient (Wildman–Crippen LogP) is 3.37. The Kier molecular flexibility index (Phi) is 7.19. The van der Waals surface area contributed by atoms with Crippen LogP contribution in [-0.2, 0) is 11.2 Å². The molecule has 0 aliphatic carbocycles. The molecular weight excluding hydrogens is 358 g/mol. The zero-order valence-electron chi connectivity index (χ0n) is 15.2. The van der Waals surface area contributed by atoms with Gasteiger partial charge in [-0.25, -0.2) is 0 Å². The maximum absolute atomic E-state index is 10.2. The van der Waals surface area contributed by atoms with Gasteiger partial charge in [-0.05, 0) is 55.6 Å². The van der Waals surface area contributed by atoms with Crippen LogP contribution in [0.4, 0.5) is 0 Å². The molecule has 0 spiro atoms. The Balaban J connectivity index is 1.64. The number of hydrogen-bond acceptors (Lipinski definition) is 4. The lowest BCUT2D eigenvalue weighted by Gasteiger charge is -2.13. The third-order valence-electron chi connectivity index (χ3n) is 4.51. The number of aryl methyl sites for hydroxylation is 1. The van der Waals surface area contributed by atoms with Crippen molar-refractivity contribution in [2.75, 3.05) is 13.2 Å². The van der Waals surface area contributed by atoms with E-state index in [0.29, 0.717) is 23.6 Å². The topological polar surface area (TPSA) is 65.9 Å². The first-order valence-corrected chi connectivity index (χ1v) is 9.67. The van der Waals surface area contributed by atoms with E-state index >= 15 is 0 Å². The Hall–Kier alpha value is -2.44. The van der Waals surface area contributed by atoms with Crippen molar-refractivity contribution in [3.05, 3.63) is 65.7 Å². The molecule has 1 saturated heterocycles. The van der Waals surface area contributed by atoms with Gasteiger partial charge in [0.15, 0.2) is 5.11 Å². The summed E-state index contributed by atoms with van der Waals surface area (Å²) in [6.07, 6.45) is 3.87. The van der Waals surface area contributed by atoms with Crippen LogP contribution in [0, 0.1) is 0 Å². The van der Waals surface area contributed by atoms with Crippen molar-refractivity contribution in [3.63, 3.8) is 0 Å². The number of ether oxygens (including phenoxy) is 1. The smallest absolute Gasteiger partial charge is 0.187 e. The summed E-state index contributed by atoms with van der Waals surface area (Å²) in [5.74, 6) is 0.212. The molecule has 6 heteroatoms. The summed E-state index contributed by atoms with van der Waals surface area (Å²) in [4.78, 5) is 0. The summed E-state index contributed by atoms with van der Waals surface area (Å²) in [7, 11) is 0. The fourth-order valence-corrected chi connectivity index (χ4v) is 3.17. The minimum Gasteiger partial charge on any atom is -0.507 e. The Morgan fingerprint density at radius 2 is 1.93 bits per heavy atom. The van der Waals surface area contributed by atoms with E-state index in [1.165, 1.54) is 5.56 Å². The van der Waals surface area contributed by atoms with Gasteiger partial charge in [-0.15, -0.1) is 0 Å². The van der Waals surface area contributed by atoms with E-state index in [2.05, 4.69) is 28.0 Å². The van der Waals surface area contributed by atoms with E-state index < -0.39 is 0 Å². The molecule has 1 fully saturated rings. The van der Waals surface area contributed by atoms with E-state index in [-0.39, 0.29) is 11.9 Å². The summed E-state index contributed by atoms with van der Waals surface area (Å²) in [5, 5.41) is 18.3. The summed E-state index contributed by atoms with van der Waals surface area (Å²) in [6.45, 7) is 1.50. The summed E-state index contributed by atoms with van der Waals surface area (Å²) >= 11 is 5.32. The number of aromatic hydroxyl groups is 1. The first-order valence-electron chi connectivity index (χ1n) is 9.26. The van der Waals surface area contributed by atoms with Gasteiger partial charge in [0.25, 0.3) is 0 Å². The molecular formula is C21H25N3O2S. The molecule has 0 aromatic heterocycles. The minimum atomic E-state index is 0.212. The molecule has 1 aliphatic rings. The molecule has 5 nitrogen and oxygen atoms in total. The van der Waals surface area contributed by atoms with Crippen LogP contribution < -0.4 is 10.7 Å². The Bertz CT molecular complexity index is 774. The first kappa shape index (κ1) is 19.3. The first-order chi connectivity index (χ1) is 13.2. The van der Waals surface area contributed by atoms with Crippen LogP contribution in [0.1, 0.15) is 30.4 Å². The van der Waals surface area contributed by atoms with Crippen molar-refractivity contribution in [3.8, 4) is 5.75 Å². The molecule has 3 rings (SSSR count). The number of hydrogen-bond donors (Lipinski definition) is 3. The molecule has 0 amide bonds. The Morgan fingerprint density at radius 3 is 2.67 bits per heavy atom. The van der Waals surface area contributed by atoms with Gasteiger partial charge >= 0.3 is 0 Å². The highest BCUT2D eigenvalue weighted by atomic mass is 32.1. The standard InChI is InChI=1S/C21H25N3O2S/c25-20-11-5-4-10-18(20)19(13-12-16-7-2-1-3-8-16)23-24-21(27)22-15-17-9-6-14-26-17/h1-5,7-8,10-11,17,25H,6,9,12-15H2,(H2,22,24,27)/b23-19+/t17-/m1/s1. The van der Waals surface area contributed by atoms with Gasteiger partial charge in [-0.3, -0.25) is 5.43 Å². The number of nitrogens with zero attached hydrogens (tertiary/aromatic N) is 1. The number of hydrazone groups is 1. The van der Waals surface area contributed by atoms with Crippen molar-refractivity contribution in [2.45, 2.75) is 31.8 Å². The molecule has 2 aromatic carbocycles. The number of thiocarbonyl (C=S) groups is 1. The molecule has 1 heterocycles. The van der Waals surface area contributed by atoms with Crippen molar-refractivity contribution >= 4 is 23.0 Å². The maximum atomic E-state index is 10.2. The van der Waals surface area contributed by atoms with E-state index in [4.69, 9.17) is 17.0 Å². The monoisotopic (exact) mass is 383 g/mol. The lowest BCUT2D eigenvalue weighted by Crippen LogP contribution is -2.37. The second kappa shape index (κ2) is 10.0. The lowest BCUT2D eigenvalue weighted by molar-refractivity contribution is 0.114. The molecule has 3 N–H and O–H groups in total. The average Bonchev–Trinajstić information content (AvgIpc) is 3.22. The van der Waals surface area contributed by atoms with E-state index in [1.807, 2.05) is 30.3 Å². The second-order valence-corrected chi connectivity index (χ2v) is 6.93. The molecule has 1 atom stereocenters. The van der Waals surface area contributed by atoms with Gasteiger partial charge in [0, 0.05) is 18.7 Å². The molecule has 142 valence electrons. The number of phenols is 1. The number of rotatable bonds is 7. The number of benzene rings is 2. The lowest BCUT2D eigenvalue weighted by atomic mass is 10.0. The largest absolute Gasteiger partial charge is 0.507 e. The molecule has 2 aromatic rings. The minimum absolute atomic E-state index is 0.212. The van der Waals surface area contributed by atoms with Crippen LogP contribution in [0.5, 0.6) is 5.75 Å². The summed E-state index contributed by atoms with van der Waals surface area (Å²) in [6, 6.07) is 17.4. The van der Waals surface area contributed by atoms with Crippen molar-refractivity contribution in [1.29, 1.82) is 0 Å². The average molecular weight is 384 g/mol. The SMILES string of the molecule is Oc1ccccc1/C(CCc1ccccc1)=N/NC(=S)NC[C@H]1CCCO1. The molecule has 1 aliphatic heterocycles. The van der Waals surface area contributed by atoms with E-state index in [0.717, 1.165) is 31.6 Å². The Morgan fingerprint density at radius 1 is 1.15 bits per heavy atom. The molecule has 0 unspecified atom stereocenters. The van der Waals surface area contributed by atoms with Gasteiger partial charge in [0.1, 0.15) is 5.75 Å². The highest BCUT2D eigenvalue weighted by molar-refractivity contribution is 7.80. The van der Waals surface area contributed by atoms with Crippen LogP contribution in [0.15, 0.2) is 59.7 Å². The molecule has 0 bridgehead atoms. The summed E-state index contributed by atoms with van der Waals surface area (Å²) < 4.78 is 5.58. The highest BCUT2D eigenvalue weighted by Crippen LogP contribution is 2.19. The van der Waals surface area contributed by atoms with Gasteiger partial charge < -0.3 is 15.2 Å². The van der Waals surface area contributed by atoms with E-state index in [1.54, 1.807) is 12.1 Å². The van der Waals surface area contributed by atoms with E-state index in [9.17, 15) is 5.11 Å². The van der Waals surface area contributed by atoms with Crippen molar-refractivity contribution in [2.24, 2.45) is 5.10 Å². The van der Waals surface area contributed by atoms with Crippen LogP contribution in [0.3, 0.4) is 0 Å². The van der Waals surface area contributed by atoms with Gasteiger partial charge in [0.05, 0.1) is 11.8 Å². The van der Waals surface area contributed by atoms with Crippen LogP contribution >= 0.6 is 12.2 Å². The van der Waals surface area contributed by atoms with Gasteiger partial charge in [0.2, 0.25) is 0 Å². The number of phenolic OH excluding ortho intramolecular Hbond substituents is 1. The molecule has 0 radical (unpaired) electrons. The Labute approximate surface area is 165 Å². The number of para-hydroxylation sites is 1. The molecule has 0 saturated carbocycles. The fraction of sp³-hybridized carbons (Fsp3) is 0.333. The fourth-order valence-electron chi connectivity index (χ4n) is 3.05. The summed E-state index contributed by atoms with van der Waals surface area (Å²) in [5.41, 5.74) is 5.61. The zero-order chi connectivity index (χ0) is 18.9. The quantitative estimate of drug-likeness (QED) is 0.389. The second-order valence-electron chi connectivity index (χ2n) is 6.52. The third kappa shape index (κ3) is 6.05. The third-order valence-corrected chi connectivity index (χ3v) is 4.75. The number of nitrogens with one attached hydrogen (secondary N) is 2. The van der Waals surface area contributed by atoms with Gasteiger partial charge in [-0.1, -0.05) is 42.5 Å².